The fraction of sp³-hybridized carbons (Fsp3) is 0.348. The van der Waals surface area contributed by atoms with Crippen molar-refractivity contribution in [2.24, 2.45) is 0 Å². The number of aliphatic hydroxyl groups excluding tert-OH is 3. The zero-order chi connectivity index (χ0) is 27.0. The van der Waals surface area contributed by atoms with Crippen LogP contribution in [0.5, 0.6) is 0 Å². The van der Waals surface area contributed by atoms with E-state index in [1.54, 1.807) is 20.2 Å². The van der Waals surface area contributed by atoms with Crippen LogP contribution in [0.15, 0.2) is 41.4 Å². The standard InChI is InChI=1S/C23H22ClF3N4O5S/c1-30(2)22(35)12-4-3-11(24)7-17(12)37-23-21(34)19(20(33)16(9-32)36-23)31-8-15(28-29-31)10-5-13(25)18(27)14(26)6-10/h3-8,16,19-21,23,32-34H,9H2,1-2H3/t16?,19-,20-,21?,23+/m0/s1. The van der Waals surface area contributed by atoms with E-state index in [0.29, 0.717) is 15.5 Å². The number of carbonyl (C=O) groups is 1. The van der Waals surface area contributed by atoms with Gasteiger partial charge in [0.2, 0.25) is 0 Å². The second-order valence-corrected chi connectivity index (χ2v) is 10.1. The lowest BCUT2D eigenvalue weighted by Crippen LogP contribution is -2.55. The highest BCUT2D eigenvalue weighted by atomic mass is 35.5. The van der Waals surface area contributed by atoms with Crippen molar-refractivity contribution in [1.82, 2.24) is 19.9 Å². The topological polar surface area (TPSA) is 121 Å². The fourth-order valence-electron chi connectivity index (χ4n) is 3.87. The Balaban J connectivity index is 1.67. The first kappa shape index (κ1) is 27.4. The van der Waals surface area contributed by atoms with Crippen molar-refractivity contribution in [2.75, 3.05) is 20.7 Å². The molecule has 5 atom stereocenters. The van der Waals surface area contributed by atoms with Crippen LogP contribution in [0.2, 0.25) is 5.02 Å². The van der Waals surface area contributed by atoms with Crippen molar-refractivity contribution < 1.29 is 38.0 Å². The van der Waals surface area contributed by atoms with Crippen LogP contribution in [0.1, 0.15) is 16.4 Å². The van der Waals surface area contributed by atoms with E-state index in [1.807, 2.05) is 0 Å². The first-order valence-electron chi connectivity index (χ1n) is 10.9. The number of halogens is 4. The van der Waals surface area contributed by atoms with E-state index in [0.717, 1.165) is 28.6 Å². The van der Waals surface area contributed by atoms with Crippen molar-refractivity contribution in [3.63, 3.8) is 0 Å². The third-order valence-electron chi connectivity index (χ3n) is 5.77. The zero-order valence-electron chi connectivity index (χ0n) is 19.4. The maximum Gasteiger partial charge on any atom is 0.254 e. The number of benzene rings is 2. The molecular formula is C23H22ClF3N4O5S. The third-order valence-corrected chi connectivity index (χ3v) is 7.22. The number of hydrogen-bond donors (Lipinski definition) is 3. The molecule has 1 saturated heterocycles. The van der Waals surface area contributed by atoms with Crippen LogP contribution < -0.4 is 0 Å². The van der Waals surface area contributed by atoms with E-state index in [4.69, 9.17) is 16.3 Å². The second-order valence-electron chi connectivity index (χ2n) is 8.49. The van der Waals surface area contributed by atoms with Gasteiger partial charge in [-0.3, -0.25) is 4.79 Å². The normalized spacial score (nSPS) is 23.8. The Morgan fingerprint density at radius 1 is 1.16 bits per heavy atom. The van der Waals surface area contributed by atoms with E-state index in [2.05, 4.69) is 10.3 Å². The highest BCUT2D eigenvalue weighted by molar-refractivity contribution is 8.00. The summed E-state index contributed by atoms with van der Waals surface area (Å²) in [6.45, 7) is -0.615. The van der Waals surface area contributed by atoms with Gasteiger partial charge < -0.3 is 25.0 Å². The summed E-state index contributed by atoms with van der Waals surface area (Å²) in [6, 6.07) is 4.86. The number of rotatable bonds is 6. The maximum atomic E-state index is 13.7. The summed E-state index contributed by atoms with van der Waals surface area (Å²) in [7, 11) is 3.15. The Labute approximate surface area is 218 Å². The summed E-state index contributed by atoms with van der Waals surface area (Å²) < 4.78 is 47.6. The van der Waals surface area contributed by atoms with Gasteiger partial charge in [0.25, 0.3) is 5.91 Å². The van der Waals surface area contributed by atoms with E-state index >= 15 is 0 Å². The SMILES string of the molecule is CN(C)C(=O)c1ccc(Cl)cc1S[C@H]1OC(CO)[C@H](O)[C@H](n2cc(-c3cc(F)c(F)c(F)c3)nn2)C1O. The van der Waals surface area contributed by atoms with Crippen molar-refractivity contribution >= 4 is 29.3 Å². The van der Waals surface area contributed by atoms with Crippen LogP contribution in [0.25, 0.3) is 11.3 Å². The molecule has 2 heterocycles. The summed E-state index contributed by atoms with van der Waals surface area (Å²) in [5.41, 5.74) is -0.982. The summed E-state index contributed by atoms with van der Waals surface area (Å²) in [4.78, 5) is 14.4. The van der Waals surface area contributed by atoms with Crippen LogP contribution in [-0.4, -0.2) is 85.6 Å². The quantitative estimate of drug-likeness (QED) is 0.395. The van der Waals surface area contributed by atoms with Crippen molar-refractivity contribution in [2.45, 2.75) is 34.7 Å². The largest absolute Gasteiger partial charge is 0.394 e. The van der Waals surface area contributed by atoms with Crippen molar-refractivity contribution in [3.05, 3.63) is 64.6 Å². The molecule has 37 heavy (non-hydrogen) atoms. The molecule has 3 N–H and O–H groups in total. The predicted molar refractivity (Wildman–Crippen MR) is 127 cm³/mol. The Bertz CT molecular complexity index is 1290. The lowest BCUT2D eigenvalue weighted by atomic mass is 9.97. The molecule has 0 saturated carbocycles. The van der Waals surface area contributed by atoms with Crippen LogP contribution in [-0.2, 0) is 4.74 Å². The van der Waals surface area contributed by atoms with E-state index in [9.17, 15) is 33.3 Å². The molecule has 1 fully saturated rings. The first-order valence-corrected chi connectivity index (χ1v) is 12.1. The van der Waals surface area contributed by atoms with Gasteiger partial charge in [0.15, 0.2) is 17.5 Å². The molecule has 1 amide bonds. The third kappa shape index (κ3) is 5.47. The molecule has 1 aliphatic rings. The van der Waals surface area contributed by atoms with E-state index in [1.165, 1.54) is 23.2 Å². The summed E-state index contributed by atoms with van der Waals surface area (Å²) in [5.74, 6) is -4.79. The van der Waals surface area contributed by atoms with Crippen molar-refractivity contribution in [3.8, 4) is 11.3 Å². The Morgan fingerprint density at radius 2 is 1.84 bits per heavy atom. The van der Waals surface area contributed by atoms with Gasteiger partial charge in [0.1, 0.15) is 35.5 Å². The van der Waals surface area contributed by atoms with Crippen LogP contribution >= 0.6 is 23.4 Å². The predicted octanol–water partition coefficient (Wildman–Crippen LogP) is 2.49. The average molecular weight is 559 g/mol. The minimum absolute atomic E-state index is 0.0536. The smallest absolute Gasteiger partial charge is 0.254 e. The van der Waals surface area contributed by atoms with Gasteiger partial charge in [-0.25, -0.2) is 17.9 Å². The Hall–Kier alpha value is -2.68. The molecule has 1 aromatic heterocycles. The number of ether oxygens (including phenoxy) is 1. The molecule has 0 bridgehead atoms. The fourth-order valence-corrected chi connectivity index (χ4v) is 5.34. The van der Waals surface area contributed by atoms with Crippen LogP contribution in [0.3, 0.4) is 0 Å². The molecule has 1 aliphatic heterocycles. The molecule has 198 valence electrons. The maximum absolute atomic E-state index is 13.7. The monoisotopic (exact) mass is 558 g/mol. The lowest BCUT2D eigenvalue weighted by molar-refractivity contribution is -0.178. The summed E-state index contributed by atoms with van der Waals surface area (Å²) >= 11 is 7.09. The molecule has 4 rings (SSSR count). The molecule has 2 unspecified atom stereocenters. The van der Waals surface area contributed by atoms with E-state index < -0.39 is 53.8 Å². The van der Waals surface area contributed by atoms with Gasteiger partial charge in [-0.05, 0) is 30.3 Å². The molecule has 0 aliphatic carbocycles. The summed E-state index contributed by atoms with van der Waals surface area (Å²) in [6.07, 6.45) is -2.87. The van der Waals surface area contributed by atoms with E-state index in [-0.39, 0.29) is 17.2 Å². The minimum atomic E-state index is -1.63. The van der Waals surface area contributed by atoms with Crippen LogP contribution in [0, 0.1) is 17.5 Å². The molecule has 0 radical (unpaired) electrons. The Kier molecular flexibility index (Phi) is 8.11. The number of thioether (sulfide) groups is 1. The molecule has 0 spiro atoms. The molecule has 3 aromatic rings. The van der Waals surface area contributed by atoms with Gasteiger partial charge in [-0.2, -0.15) is 0 Å². The minimum Gasteiger partial charge on any atom is -0.394 e. The Morgan fingerprint density at radius 3 is 2.46 bits per heavy atom. The average Bonchev–Trinajstić information content (AvgIpc) is 3.33. The van der Waals surface area contributed by atoms with Crippen LogP contribution in [0.4, 0.5) is 13.2 Å². The lowest BCUT2D eigenvalue weighted by Gasteiger charge is -2.41. The number of amides is 1. The number of aromatic nitrogens is 3. The van der Waals surface area contributed by atoms with Crippen molar-refractivity contribution in [1.29, 1.82) is 0 Å². The number of carbonyl (C=O) groups excluding carboxylic acids is 1. The number of hydrogen-bond acceptors (Lipinski definition) is 8. The second kappa shape index (κ2) is 11.0. The molecule has 2 aromatic carbocycles. The highest BCUT2D eigenvalue weighted by Gasteiger charge is 2.46. The van der Waals surface area contributed by atoms with Gasteiger partial charge in [-0.1, -0.05) is 28.6 Å². The highest BCUT2D eigenvalue weighted by Crippen LogP contribution is 2.40. The van der Waals surface area contributed by atoms with Gasteiger partial charge in [-0.15, -0.1) is 5.10 Å². The van der Waals surface area contributed by atoms with Gasteiger partial charge in [0, 0.05) is 29.6 Å². The van der Waals surface area contributed by atoms with Gasteiger partial charge in [0.05, 0.1) is 18.4 Å². The molecule has 9 nitrogen and oxygen atoms in total. The molecular weight excluding hydrogens is 537 g/mol. The zero-order valence-corrected chi connectivity index (χ0v) is 21.0. The first-order chi connectivity index (χ1) is 17.5. The number of aliphatic hydroxyl groups is 3. The molecule has 14 heteroatoms. The van der Waals surface area contributed by atoms with Gasteiger partial charge >= 0.3 is 0 Å². The summed E-state index contributed by atoms with van der Waals surface area (Å²) in [5, 5.41) is 39.8. The number of nitrogens with zero attached hydrogens (tertiary/aromatic N) is 4.